The van der Waals surface area contributed by atoms with Crippen molar-refractivity contribution >= 4 is 8.83 Å². The molecule has 2 aliphatic carbocycles. The van der Waals surface area contributed by atoms with Gasteiger partial charge in [0.25, 0.3) is 0 Å². The minimum absolute atomic E-state index is 0.0358. The summed E-state index contributed by atoms with van der Waals surface area (Å²) in [5.41, 5.74) is 13.7. The van der Waals surface area contributed by atoms with Crippen LogP contribution in [0.1, 0.15) is 84.2 Å². The Labute approximate surface area is 287 Å². The maximum atomic E-state index is 14.2. The molecule has 0 N–H and O–H groups in total. The first-order valence-electron chi connectivity index (χ1n) is 16.8. The van der Waals surface area contributed by atoms with Gasteiger partial charge in [0.2, 0.25) is 0 Å². The second-order valence-corrected chi connectivity index (χ2v) is 24.5. The maximum absolute atomic E-state index is 14.2. The second-order valence-electron chi connectivity index (χ2n) is 15.1. The molecule has 47 heavy (non-hydrogen) atoms. The summed E-state index contributed by atoms with van der Waals surface area (Å²) in [5, 5.41) is 0. The van der Waals surface area contributed by atoms with Crippen LogP contribution in [-0.2, 0) is 31.8 Å². The average Bonchev–Trinajstić information content (AvgIpc) is 3.66. The van der Waals surface area contributed by atoms with Gasteiger partial charge < -0.3 is 0 Å². The van der Waals surface area contributed by atoms with Gasteiger partial charge >= 0.3 is 289 Å². The van der Waals surface area contributed by atoms with Crippen LogP contribution in [0.2, 0.25) is 3.67 Å². The SMILES string of the molecule is CC(C)(C)c1ccc2c(c1)[CH]([Hf](=[C](c1ccccc1)c1ccccc1)[CH]1C=CC=C1c1ccc(F)cc1)c1cc(C(C)(C)C)ccc1-2. The molecular weight excluding hydrogens is 738 g/mol. The van der Waals surface area contributed by atoms with Gasteiger partial charge in [0.05, 0.1) is 0 Å². The molecule has 0 amide bonds. The van der Waals surface area contributed by atoms with Gasteiger partial charge in [-0.3, -0.25) is 0 Å². The van der Waals surface area contributed by atoms with Crippen molar-refractivity contribution in [3.63, 3.8) is 0 Å². The Bertz CT molecular complexity index is 1930. The van der Waals surface area contributed by atoms with Gasteiger partial charge in [-0.1, -0.05) is 0 Å². The molecule has 1 atom stereocenters. The molecule has 5 aromatic rings. The number of benzene rings is 5. The van der Waals surface area contributed by atoms with E-state index in [4.69, 9.17) is 0 Å². The van der Waals surface area contributed by atoms with Crippen LogP contribution < -0.4 is 0 Å². The van der Waals surface area contributed by atoms with Gasteiger partial charge in [0.1, 0.15) is 0 Å². The van der Waals surface area contributed by atoms with Crippen molar-refractivity contribution in [3.8, 4) is 11.1 Å². The number of allylic oxidation sites excluding steroid dienone is 4. The Morgan fingerprint density at radius 2 is 1.09 bits per heavy atom. The molecule has 0 fully saturated rings. The summed E-state index contributed by atoms with van der Waals surface area (Å²) in [7, 11) is 0. The van der Waals surface area contributed by atoms with E-state index in [2.05, 4.69) is 157 Å². The molecule has 0 nitrogen and oxygen atoms in total. The van der Waals surface area contributed by atoms with E-state index in [1.165, 1.54) is 50.1 Å². The van der Waals surface area contributed by atoms with Crippen LogP contribution in [0.4, 0.5) is 4.39 Å². The third-order valence-electron chi connectivity index (χ3n) is 9.90. The zero-order valence-electron chi connectivity index (χ0n) is 28.3. The molecule has 7 rings (SSSR count). The summed E-state index contributed by atoms with van der Waals surface area (Å²) in [6.07, 6.45) is 7.03. The first-order chi connectivity index (χ1) is 22.5. The fourth-order valence-electron chi connectivity index (χ4n) is 7.39. The fraction of sp³-hybridized carbons (Fsp3) is 0.222. The third-order valence-corrected chi connectivity index (χ3v) is 22.7. The molecule has 5 aromatic carbocycles. The molecule has 1 unspecified atom stereocenters. The van der Waals surface area contributed by atoms with Crippen LogP contribution in [0.25, 0.3) is 16.7 Å². The summed E-state index contributed by atoms with van der Waals surface area (Å²) >= 11 is -3.25. The zero-order valence-corrected chi connectivity index (χ0v) is 31.9. The molecule has 0 radical (unpaired) electrons. The summed E-state index contributed by atoms with van der Waals surface area (Å²) in [6, 6.07) is 44.1. The predicted octanol–water partition coefficient (Wildman–Crippen LogP) is 11.8. The van der Waals surface area contributed by atoms with E-state index in [1.807, 2.05) is 12.1 Å². The van der Waals surface area contributed by atoms with Crippen molar-refractivity contribution in [3.05, 3.63) is 184 Å². The monoisotopic (exact) mass is 782 g/mol. The molecular formula is C45H43FHf. The van der Waals surface area contributed by atoms with E-state index in [0.717, 1.165) is 5.56 Å². The standard InChI is InChI=1S/C21H25.C13H10.C11H8F.Hf/c1-20(2,3)16-7-9-18-14(12-16)11-15-13-17(21(4,5)6)8-10-19(15)18;1-3-7-12(8-4-1)11-13-9-5-2-6-10-13;12-11-7-5-10(6-8-11)9-3-1-2-4-9;/h7-13H,1-6H3;1-10H;1-8H;. The molecule has 0 heterocycles. The van der Waals surface area contributed by atoms with Gasteiger partial charge in [-0.05, 0) is 0 Å². The minimum atomic E-state index is -3.25. The van der Waals surface area contributed by atoms with Gasteiger partial charge in [-0.2, -0.15) is 0 Å². The Kier molecular flexibility index (Phi) is 8.37. The van der Waals surface area contributed by atoms with Crippen LogP contribution in [0.3, 0.4) is 0 Å². The van der Waals surface area contributed by atoms with Crippen molar-refractivity contribution in [1.82, 2.24) is 0 Å². The molecule has 0 aliphatic heterocycles. The second kappa shape index (κ2) is 12.4. The zero-order chi connectivity index (χ0) is 32.9. The molecule has 2 aliphatic rings. The average molecular weight is 781 g/mol. The molecule has 2 heteroatoms. The fourth-order valence-corrected chi connectivity index (χ4v) is 21.8. The summed E-state index contributed by atoms with van der Waals surface area (Å²) < 4.78 is 16.4. The molecule has 0 spiro atoms. The quantitative estimate of drug-likeness (QED) is 0.156. The van der Waals surface area contributed by atoms with E-state index in [-0.39, 0.29) is 20.3 Å². The first-order valence-corrected chi connectivity index (χ1v) is 22.7. The summed E-state index contributed by atoms with van der Waals surface area (Å²) in [5.74, 6) is -0.193. The number of hydrogen-bond donors (Lipinski definition) is 0. The van der Waals surface area contributed by atoms with Gasteiger partial charge in [-0.25, -0.2) is 0 Å². The van der Waals surface area contributed by atoms with Crippen molar-refractivity contribution in [2.24, 2.45) is 0 Å². The van der Waals surface area contributed by atoms with Crippen LogP contribution in [0.15, 0.2) is 140 Å². The van der Waals surface area contributed by atoms with Crippen LogP contribution in [0.5, 0.6) is 0 Å². The summed E-state index contributed by atoms with van der Waals surface area (Å²) in [6.45, 7) is 13.9. The van der Waals surface area contributed by atoms with E-state index in [0.29, 0.717) is 3.67 Å². The van der Waals surface area contributed by atoms with E-state index >= 15 is 0 Å². The van der Waals surface area contributed by atoms with Crippen LogP contribution in [-0.4, -0.2) is 3.26 Å². The number of rotatable bonds is 5. The molecule has 0 saturated heterocycles. The number of hydrogen-bond acceptors (Lipinski definition) is 0. The molecule has 0 saturated carbocycles. The molecule has 0 bridgehead atoms. The number of fused-ring (bicyclic) bond motifs is 3. The van der Waals surface area contributed by atoms with E-state index in [9.17, 15) is 4.39 Å². The van der Waals surface area contributed by atoms with Crippen LogP contribution >= 0.6 is 0 Å². The van der Waals surface area contributed by atoms with Crippen molar-refractivity contribution in [2.45, 2.75) is 59.7 Å². The normalized spacial score (nSPS) is 15.7. The van der Waals surface area contributed by atoms with Crippen LogP contribution in [0, 0.1) is 5.82 Å². The molecule has 0 aromatic heterocycles. The Morgan fingerprint density at radius 1 is 0.596 bits per heavy atom. The van der Waals surface area contributed by atoms with E-state index < -0.39 is 21.0 Å². The van der Waals surface area contributed by atoms with Gasteiger partial charge in [-0.15, -0.1) is 0 Å². The summed E-state index contributed by atoms with van der Waals surface area (Å²) in [4.78, 5) is 0. The van der Waals surface area contributed by atoms with Crippen molar-refractivity contribution in [1.29, 1.82) is 0 Å². The third kappa shape index (κ3) is 6.06. The Hall–Kier alpha value is -3.75. The van der Waals surface area contributed by atoms with Crippen molar-refractivity contribution in [2.75, 3.05) is 0 Å². The molecule has 234 valence electrons. The van der Waals surface area contributed by atoms with Crippen molar-refractivity contribution < 1.29 is 25.3 Å². The Balaban J connectivity index is 1.60. The van der Waals surface area contributed by atoms with Gasteiger partial charge in [0, 0.05) is 0 Å². The topological polar surface area (TPSA) is 0 Å². The predicted molar refractivity (Wildman–Crippen MR) is 194 cm³/mol. The first kappa shape index (κ1) is 31.8. The van der Waals surface area contributed by atoms with E-state index in [1.54, 1.807) is 15.4 Å². The number of halogens is 1. The van der Waals surface area contributed by atoms with Gasteiger partial charge in [0.15, 0.2) is 0 Å². The Morgan fingerprint density at radius 3 is 1.55 bits per heavy atom.